The number of Topliss-reactive ketones (excluding diaryl/α,β-unsaturated/α-hetero) is 1. The molecular formula is C26H28N2O6. The molecule has 0 saturated carbocycles. The number of hydrogen-bond donors (Lipinski definition) is 1. The van der Waals surface area contributed by atoms with Crippen LogP contribution in [0.1, 0.15) is 37.8 Å². The number of nitrogens with one attached hydrogen (secondary N) is 1. The lowest BCUT2D eigenvalue weighted by molar-refractivity contribution is -0.121. The van der Waals surface area contributed by atoms with Crippen molar-refractivity contribution in [1.29, 1.82) is 0 Å². The molecule has 2 fully saturated rings. The van der Waals surface area contributed by atoms with E-state index in [-0.39, 0.29) is 24.9 Å². The molecule has 34 heavy (non-hydrogen) atoms. The van der Waals surface area contributed by atoms with Gasteiger partial charge in [-0.05, 0) is 43.0 Å². The minimum absolute atomic E-state index is 0.0350. The molecule has 2 aromatic rings. The number of likely N-dealkylation sites (tertiary alicyclic amines) is 1. The van der Waals surface area contributed by atoms with Gasteiger partial charge >= 0.3 is 12.2 Å². The van der Waals surface area contributed by atoms with E-state index in [0.717, 1.165) is 22.3 Å². The smallest absolute Gasteiger partial charge is 0.410 e. The first kappa shape index (κ1) is 22.4. The van der Waals surface area contributed by atoms with Crippen LogP contribution in [0, 0.1) is 0 Å². The van der Waals surface area contributed by atoms with Gasteiger partial charge in [0.2, 0.25) is 0 Å². The van der Waals surface area contributed by atoms with Gasteiger partial charge in [0.1, 0.15) is 29.9 Å². The summed E-state index contributed by atoms with van der Waals surface area (Å²) in [6.45, 7) is 5.25. The predicted molar refractivity (Wildman–Crippen MR) is 123 cm³/mol. The highest BCUT2D eigenvalue weighted by molar-refractivity contribution is 5.93. The van der Waals surface area contributed by atoms with Gasteiger partial charge in [-0.1, -0.05) is 48.5 Å². The number of benzene rings is 2. The van der Waals surface area contributed by atoms with Crippen molar-refractivity contribution in [3.63, 3.8) is 0 Å². The normalized spacial score (nSPS) is 25.5. The summed E-state index contributed by atoms with van der Waals surface area (Å²) in [6, 6.07) is 15.1. The molecule has 0 bridgehead atoms. The Morgan fingerprint density at radius 1 is 1.06 bits per heavy atom. The molecule has 2 saturated heterocycles. The van der Waals surface area contributed by atoms with Crippen molar-refractivity contribution >= 4 is 18.0 Å². The Morgan fingerprint density at radius 3 is 2.21 bits per heavy atom. The van der Waals surface area contributed by atoms with Crippen LogP contribution in [0.2, 0.25) is 0 Å². The highest BCUT2D eigenvalue weighted by Crippen LogP contribution is 2.54. The van der Waals surface area contributed by atoms with E-state index < -0.39 is 35.5 Å². The fourth-order valence-corrected chi connectivity index (χ4v) is 5.69. The van der Waals surface area contributed by atoms with Gasteiger partial charge in [-0.3, -0.25) is 9.69 Å². The second kappa shape index (κ2) is 7.84. The van der Waals surface area contributed by atoms with Gasteiger partial charge in [0.05, 0.1) is 13.7 Å². The lowest BCUT2D eigenvalue weighted by Crippen LogP contribution is -2.61. The summed E-state index contributed by atoms with van der Waals surface area (Å²) < 4.78 is 16.7. The van der Waals surface area contributed by atoms with Crippen molar-refractivity contribution in [3.05, 3.63) is 59.7 Å². The summed E-state index contributed by atoms with van der Waals surface area (Å²) >= 11 is 0. The van der Waals surface area contributed by atoms with Crippen molar-refractivity contribution in [2.24, 2.45) is 0 Å². The third-order valence-corrected chi connectivity index (χ3v) is 6.79. The number of nitrogens with zero attached hydrogens (tertiary/aromatic N) is 1. The molecule has 5 rings (SSSR count). The molecule has 3 atom stereocenters. The lowest BCUT2D eigenvalue weighted by Gasteiger charge is -2.40. The third-order valence-electron chi connectivity index (χ3n) is 6.79. The number of amides is 2. The molecule has 0 aromatic heterocycles. The summed E-state index contributed by atoms with van der Waals surface area (Å²) in [4.78, 5) is 40.2. The minimum atomic E-state index is -1.16. The average Bonchev–Trinajstić information content (AvgIpc) is 3.43. The van der Waals surface area contributed by atoms with Crippen molar-refractivity contribution in [2.45, 2.75) is 50.0 Å². The Bertz CT molecular complexity index is 1130. The molecule has 2 aliphatic heterocycles. The van der Waals surface area contributed by atoms with Gasteiger partial charge in [0.15, 0.2) is 5.78 Å². The fraction of sp³-hybridized carbons (Fsp3) is 0.423. The van der Waals surface area contributed by atoms with Gasteiger partial charge in [-0.15, -0.1) is 0 Å². The van der Waals surface area contributed by atoms with E-state index in [1.54, 1.807) is 20.8 Å². The number of fused-ring (bicyclic) bond motifs is 4. The van der Waals surface area contributed by atoms with Gasteiger partial charge in [0.25, 0.3) is 0 Å². The summed E-state index contributed by atoms with van der Waals surface area (Å²) in [5, 5.41) is 3.09. The highest BCUT2D eigenvalue weighted by Gasteiger charge is 2.66. The van der Waals surface area contributed by atoms with Crippen LogP contribution in [0.4, 0.5) is 9.59 Å². The van der Waals surface area contributed by atoms with Crippen molar-refractivity contribution in [3.8, 4) is 11.1 Å². The van der Waals surface area contributed by atoms with Crippen molar-refractivity contribution in [1.82, 2.24) is 10.2 Å². The highest BCUT2D eigenvalue weighted by atomic mass is 16.6. The van der Waals surface area contributed by atoms with E-state index in [0.29, 0.717) is 0 Å². The first-order valence-corrected chi connectivity index (χ1v) is 11.3. The molecule has 178 valence electrons. The number of methoxy groups -OCH3 is 1. The second-order valence-corrected chi connectivity index (χ2v) is 10.0. The number of ether oxygens (including phenoxy) is 3. The van der Waals surface area contributed by atoms with Gasteiger partial charge in [0, 0.05) is 5.92 Å². The molecule has 1 N–H and O–H groups in total. The number of ketones is 1. The third kappa shape index (κ3) is 3.36. The minimum Gasteiger partial charge on any atom is -0.453 e. The van der Waals surface area contributed by atoms with E-state index in [1.165, 1.54) is 12.0 Å². The first-order valence-electron chi connectivity index (χ1n) is 11.3. The number of hydrogen-bond acceptors (Lipinski definition) is 6. The maximum Gasteiger partial charge on any atom is 0.410 e. The first-order chi connectivity index (χ1) is 16.2. The summed E-state index contributed by atoms with van der Waals surface area (Å²) in [7, 11) is 1.28. The zero-order chi connectivity index (χ0) is 24.3. The predicted octanol–water partition coefficient (Wildman–Crippen LogP) is 3.48. The molecule has 2 amide bonds. The largest absolute Gasteiger partial charge is 0.453 e. The van der Waals surface area contributed by atoms with E-state index in [4.69, 9.17) is 14.2 Å². The van der Waals surface area contributed by atoms with E-state index in [2.05, 4.69) is 5.32 Å². The lowest BCUT2D eigenvalue weighted by atomic mass is 9.74. The van der Waals surface area contributed by atoms with Crippen LogP contribution in [0.5, 0.6) is 0 Å². The quantitative estimate of drug-likeness (QED) is 0.731. The van der Waals surface area contributed by atoms with Crippen LogP contribution in [0.3, 0.4) is 0 Å². The Hall–Kier alpha value is -3.39. The maximum absolute atomic E-state index is 13.2. The molecule has 8 heteroatoms. The molecule has 2 aromatic carbocycles. The van der Waals surface area contributed by atoms with Crippen LogP contribution in [0.25, 0.3) is 11.1 Å². The monoisotopic (exact) mass is 464 g/mol. The number of alkyl carbamates (subject to hydrolysis) is 1. The Kier molecular flexibility index (Phi) is 5.16. The Balaban J connectivity index is 1.70. The van der Waals surface area contributed by atoms with Crippen LogP contribution < -0.4 is 5.32 Å². The topological polar surface area (TPSA) is 94.2 Å². The molecule has 2 heterocycles. The molecule has 3 aliphatic rings. The summed E-state index contributed by atoms with van der Waals surface area (Å²) in [5.41, 5.74) is 2.19. The van der Waals surface area contributed by atoms with Crippen molar-refractivity contribution in [2.75, 3.05) is 20.3 Å². The van der Waals surface area contributed by atoms with Gasteiger partial charge in [-0.25, -0.2) is 9.59 Å². The summed E-state index contributed by atoms with van der Waals surface area (Å²) in [6.07, 6.45) is -2.04. The van der Waals surface area contributed by atoms with Crippen molar-refractivity contribution < 1.29 is 28.6 Å². The summed E-state index contributed by atoms with van der Waals surface area (Å²) in [5.74, 6) is -0.594. The fourth-order valence-electron chi connectivity index (χ4n) is 5.69. The average molecular weight is 465 g/mol. The zero-order valence-corrected chi connectivity index (χ0v) is 19.7. The Labute approximate surface area is 198 Å². The van der Waals surface area contributed by atoms with E-state index >= 15 is 0 Å². The number of carbonyl (C=O) groups excluding carboxylic acids is 3. The van der Waals surface area contributed by atoms with E-state index in [9.17, 15) is 14.4 Å². The number of carbonyl (C=O) groups is 3. The molecule has 0 radical (unpaired) electrons. The van der Waals surface area contributed by atoms with Gasteiger partial charge < -0.3 is 19.5 Å². The van der Waals surface area contributed by atoms with Crippen LogP contribution in [-0.4, -0.2) is 66.4 Å². The van der Waals surface area contributed by atoms with E-state index in [1.807, 2.05) is 48.5 Å². The molecule has 0 spiro atoms. The van der Waals surface area contributed by atoms with Crippen LogP contribution >= 0.6 is 0 Å². The van der Waals surface area contributed by atoms with Crippen LogP contribution in [0.15, 0.2) is 48.5 Å². The van der Waals surface area contributed by atoms with Gasteiger partial charge in [-0.2, -0.15) is 0 Å². The molecular weight excluding hydrogens is 436 g/mol. The zero-order valence-electron chi connectivity index (χ0n) is 19.7. The molecule has 0 unspecified atom stereocenters. The molecule has 8 nitrogen and oxygen atoms in total. The van der Waals surface area contributed by atoms with Crippen LogP contribution in [-0.2, 0) is 19.0 Å². The standard InChI is InChI=1S/C26H28N2O6/c1-25(2,3)34-23(30)27-26(14-28(24(31)32-4)21-19(29)13-33-22(21)26)20-17-11-7-5-9-15(17)16-10-6-8-12-18(16)20/h5-12,20-22H,13-14H2,1-4H3,(H,27,30)/t21-,22+,26+/m1/s1. The SMILES string of the molecule is COC(=O)N1C[C@](NC(=O)OC(C)(C)C)(C2c3ccccc3-c3ccccc32)[C@H]2OCC(=O)[C@H]21. The molecule has 1 aliphatic carbocycles. The number of rotatable bonds is 2. The maximum atomic E-state index is 13.2. The Morgan fingerprint density at radius 2 is 1.65 bits per heavy atom. The second-order valence-electron chi connectivity index (χ2n) is 10.0.